The lowest BCUT2D eigenvalue weighted by atomic mass is 10.1. The minimum Gasteiger partial charge on any atom is -0.415 e. The SMILES string of the molecule is CCSC(SCC)[C@@H](O[Si](C)(C)C)[C@H](O[Si](C)(C)C)[C@H](CO[Si](C)(C)C)O[Si](C)(C)C. The van der Waals surface area contributed by atoms with Crippen molar-refractivity contribution in [2.24, 2.45) is 0 Å². The van der Waals surface area contributed by atoms with E-state index in [1.807, 2.05) is 23.5 Å². The molecular weight excluding hydrogens is 493 g/mol. The molecule has 0 spiro atoms. The minimum absolute atomic E-state index is 0.0140. The average molecular weight is 545 g/mol. The molecule has 0 saturated carbocycles. The molecule has 31 heavy (non-hydrogen) atoms. The van der Waals surface area contributed by atoms with Crippen molar-refractivity contribution in [3.63, 3.8) is 0 Å². The van der Waals surface area contributed by atoms with Crippen molar-refractivity contribution in [1.29, 1.82) is 0 Å². The maximum absolute atomic E-state index is 6.93. The van der Waals surface area contributed by atoms with Crippen LogP contribution < -0.4 is 0 Å². The summed E-state index contributed by atoms with van der Waals surface area (Å²) in [5, 5.41) is 0. The maximum atomic E-state index is 6.93. The first-order chi connectivity index (χ1) is 13.8. The third-order valence-corrected chi connectivity index (χ3v) is 10.5. The molecule has 10 heteroatoms. The van der Waals surface area contributed by atoms with Crippen LogP contribution in [-0.2, 0) is 17.7 Å². The first kappa shape index (κ1) is 32.4. The molecule has 188 valence electrons. The number of hydrogen-bond acceptors (Lipinski definition) is 6. The monoisotopic (exact) mass is 544 g/mol. The van der Waals surface area contributed by atoms with Crippen molar-refractivity contribution in [3.8, 4) is 0 Å². The second kappa shape index (κ2) is 13.5. The van der Waals surface area contributed by atoms with Crippen LogP contribution >= 0.6 is 23.5 Å². The van der Waals surface area contributed by atoms with Gasteiger partial charge in [-0.3, -0.25) is 0 Å². The van der Waals surface area contributed by atoms with Crippen molar-refractivity contribution in [3.05, 3.63) is 0 Å². The summed E-state index contributed by atoms with van der Waals surface area (Å²) < 4.78 is 27.4. The predicted octanol–water partition coefficient (Wildman–Crippen LogP) is 7.33. The largest absolute Gasteiger partial charge is 0.415 e. The van der Waals surface area contributed by atoms with Crippen molar-refractivity contribution in [2.75, 3.05) is 18.1 Å². The fourth-order valence-corrected chi connectivity index (χ4v) is 9.82. The fourth-order valence-electron chi connectivity index (χ4n) is 3.00. The molecule has 0 aliphatic heterocycles. The van der Waals surface area contributed by atoms with Gasteiger partial charge < -0.3 is 17.7 Å². The predicted molar refractivity (Wildman–Crippen MR) is 154 cm³/mol. The second-order valence-corrected chi connectivity index (χ2v) is 32.9. The minimum atomic E-state index is -1.86. The lowest BCUT2D eigenvalue weighted by molar-refractivity contribution is -0.0441. The van der Waals surface area contributed by atoms with Crippen LogP contribution in [-0.4, -0.2) is 74.3 Å². The van der Waals surface area contributed by atoms with E-state index in [1.165, 1.54) is 0 Å². The molecule has 0 rings (SSSR count). The highest BCUT2D eigenvalue weighted by molar-refractivity contribution is 8.17. The van der Waals surface area contributed by atoms with Crippen molar-refractivity contribution >= 4 is 56.8 Å². The van der Waals surface area contributed by atoms with Crippen molar-refractivity contribution in [2.45, 2.75) is 115 Å². The van der Waals surface area contributed by atoms with Gasteiger partial charge in [0.05, 0.1) is 29.5 Å². The van der Waals surface area contributed by atoms with Crippen molar-refractivity contribution in [1.82, 2.24) is 0 Å². The van der Waals surface area contributed by atoms with Gasteiger partial charge in [0.15, 0.2) is 33.3 Å². The third kappa shape index (κ3) is 16.6. The van der Waals surface area contributed by atoms with Crippen LogP contribution in [0, 0.1) is 0 Å². The zero-order valence-corrected chi connectivity index (χ0v) is 28.5. The zero-order valence-electron chi connectivity index (χ0n) is 22.9. The molecule has 0 aromatic carbocycles. The van der Waals surface area contributed by atoms with E-state index >= 15 is 0 Å². The van der Waals surface area contributed by atoms with Gasteiger partial charge in [0, 0.05) is 0 Å². The van der Waals surface area contributed by atoms with Gasteiger partial charge in [-0.15, -0.1) is 23.5 Å². The van der Waals surface area contributed by atoms with Crippen LogP contribution in [0.1, 0.15) is 13.8 Å². The summed E-state index contributed by atoms with van der Waals surface area (Å²) in [6, 6.07) is 0. The van der Waals surface area contributed by atoms with Gasteiger partial charge >= 0.3 is 0 Å². The van der Waals surface area contributed by atoms with Crippen LogP contribution in [0.15, 0.2) is 0 Å². The van der Waals surface area contributed by atoms with E-state index < -0.39 is 33.3 Å². The Balaban J connectivity index is 6.36. The summed E-state index contributed by atoms with van der Waals surface area (Å²) in [6.45, 7) is 32.2. The molecule has 0 fully saturated rings. The maximum Gasteiger partial charge on any atom is 0.184 e. The van der Waals surface area contributed by atoms with Gasteiger partial charge in [0.25, 0.3) is 0 Å². The van der Waals surface area contributed by atoms with Gasteiger partial charge in [-0.05, 0) is 90.1 Å². The quantitative estimate of drug-likeness (QED) is 0.149. The molecular formula is C21H52O4S2Si4. The summed E-state index contributed by atoms with van der Waals surface area (Å²) in [5.74, 6) is 2.13. The Morgan fingerprint density at radius 3 is 1.26 bits per heavy atom. The molecule has 0 unspecified atom stereocenters. The lowest BCUT2D eigenvalue weighted by Crippen LogP contribution is -2.57. The molecule has 0 aliphatic carbocycles. The molecule has 0 saturated heterocycles. The smallest absolute Gasteiger partial charge is 0.184 e. The highest BCUT2D eigenvalue weighted by Crippen LogP contribution is 2.35. The van der Waals surface area contributed by atoms with E-state index in [4.69, 9.17) is 17.7 Å². The molecule has 0 bridgehead atoms. The van der Waals surface area contributed by atoms with Crippen LogP contribution in [0.5, 0.6) is 0 Å². The summed E-state index contributed by atoms with van der Waals surface area (Å²) >= 11 is 3.96. The Morgan fingerprint density at radius 2 is 0.935 bits per heavy atom. The molecule has 0 aromatic rings. The molecule has 0 radical (unpaired) electrons. The Labute approximate surface area is 207 Å². The number of thioether (sulfide) groups is 2. The third-order valence-electron chi connectivity index (χ3n) is 3.79. The highest BCUT2D eigenvalue weighted by atomic mass is 32.2. The fraction of sp³-hybridized carbons (Fsp3) is 1.00. The summed E-state index contributed by atoms with van der Waals surface area (Å²) in [4.78, 5) is 0. The summed E-state index contributed by atoms with van der Waals surface area (Å²) in [5.41, 5.74) is 0. The highest BCUT2D eigenvalue weighted by Gasteiger charge is 2.43. The van der Waals surface area contributed by atoms with Gasteiger partial charge in [-0.1, -0.05) is 13.8 Å². The normalized spacial score (nSPS) is 17.1. The first-order valence-electron chi connectivity index (χ1n) is 11.7. The van der Waals surface area contributed by atoms with E-state index in [-0.39, 0.29) is 18.3 Å². The molecule has 0 amide bonds. The molecule has 0 heterocycles. The van der Waals surface area contributed by atoms with Crippen LogP contribution in [0.25, 0.3) is 0 Å². The Morgan fingerprint density at radius 1 is 0.548 bits per heavy atom. The molecule has 4 nitrogen and oxygen atoms in total. The molecule has 0 aliphatic rings. The molecule has 0 aromatic heterocycles. The first-order valence-corrected chi connectivity index (χ1v) is 27.4. The van der Waals surface area contributed by atoms with E-state index in [1.54, 1.807) is 0 Å². The van der Waals surface area contributed by atoms with E-state index in [9.17, 15) is 0 Å². The van der Waals surface area contributed by atoms with Crippen LogP contribution in [0.4, 0.5) is 0 Å². The second-order valence-electron chi connectivity index (χ2n) is 11.9. The number of rotatable bonds is 16. The Kier molecular flexibility index (Phi) is 14.1. The summed E-state index contributed by atoms with van der Waals surface area (Å²) in [7, 11) is -7.17. The van der Waals surface area contributed by atoms with E-state index in [0.29, 0.717) is 11.2 Å². The zero-order chi connectivity index (χ0) is 24.7. The molecule has 0 N–H and O–H groups in total. The van der Waals surface area contributed by atoms with Crippen LogP contribution in [0.2, 0.25) is 78.6 Å². The Bertz CT molecular complexity index is 494. The number of hydrogen-bond donors (Lipinski definition) is 0. The van der Waals surface area contributed by atoms with E-state index in [2.05, 4.69) is 92.4 Å². The van der Waals surface area contributed by atoms with Gasteiger partial charge in [0.1, 0.15) is 0 Å². The van der Waals surface area contributed by atoms with Gasteiger partial charge in [0.2, 0.25) is 0 Å². The summed E-state index contributed by atoms with van der Waals surface area (Å²) in [6.07, 6.45) is -0.242. The van der Waals surface area contributed by atoms with Crippen LogP contribution in [0.3, 0.4) is 0 Å². The average Bonchev–Trinajstić information content (AvgIpc) is 2.51. The van der Waals surface area contributed by atoms with Crippen molar-refractivity contribution < 1.29 is 17.7 Å². The molecule has 3 atom stereocenters. The van der Waals surface area contributed by atoms with E-state index in [0.717, 1.165) is 11.5 Å². The van der Waals surface area contributed by atoms with Gasteiger partial charge in [-0.25, -0.2) is 0 Å². The Hall–Kier alpha value is 1.41. The topological polar surface area (TPSA) is 36.9 Å². The standard InChI is InChI=1S/C21H52O4S2Si4/c1-15-26-21(27-16-2)20(25-31(12,13)14)19(24-30(9,10)11)18(23-29(6,7)8)17-22-28(3,4)5/h18-21H,15-17H2,1-14H3/t18-,19+,20-/m0/s1. The van der Waals surface area contributed by atoms with Gasteiger partial charge in [-0.2, -0.15) is 0 Å². The lowest BCUT2D eigenvalue weighted by Gasteiger charge is -2.44.